The van der Waals surface area contributed by atoms with Crippen molar-refractivity contribution in [2.24, 2.45) is 0 Å². The highest BCUT2D eigenvalue weighted by Crippen LogP contribution is 2.35. The Kier molecular flexibility index (Phi) is 3.85. The van der Waals surface area contributed by atoms with Gasteiger partial charge in [-0.1, -0.05) is 18.2 Å². The molecule has 0 aromatic heterocycles. The van der Waals surface area contributed by atoms with Crippen LogP contribution in [0.25, 0.3) is 0 Å². The molecule has 0 radical (unpaired) electrons. The molecule has 1 aromatic carbocycles. The smallest absolute Gasteiger partial charge is 0.408 e. The molecule has 1 aliphatic heterocycles. The highest BCUT2D eigenvalue weighted by Gasteiger charge is 2.24. The Morgan fingerprint density at radius 2 is 2.11 bits per heavy atom. The third-order valence-electron chi connectivity index (χ3n) is 2.65. The molecule has 1 N–H and O–H groups in total. The number of hydrogen-bond acceptors (Lipinski definition) is 3. The number of ether oxygens (including phenoxy) is 1. The SMILES string of the molecule is CC(C)(C)OC(=O)NC1CCSc2ccccc21. The van der Waals surface area contributed by atoms with Crippen LogP contribution in [-0.2, 0) is 4.74 Å². The lowest BCUT2D eigenvalue weighted by atomic mass is 10.0. The van der Waals surface area contributed by atoms with Crippen molar-refractivity contribution in [1.29, 1.82) is 0 Å². The van der Waals surface area contributed by atoms with Gasteiger partial charge in [0.15, 0.2) is 0 Å². The summed E-state index contributed by atoms with van der Waals surface area (Å²) in [7, 11) is 0. The first kappa shape index (κ1) is 13.3. The molecule has 1 amide bonds. The van der Waals surface area contributed by atoms with Crippen LogP contribution in [0.4, 0.5) is 4.79 Å². The molecular formula is C14H19NO2S. The minimum Gasteiger partial charge on any atom is -0.444 e. The number of carbonyl (C=O) groups is 1. The van der Waals surface area contributed by atoms with Gasteiger partial charge in [-0.15, -0.1) is 11.8 Å². The molecule has 4 heteroatoms. The number of hydrogen-bond donors (Lipinski definition) is 1. The quantitative estimate of drug-likeness (QED) is 0.840. The maximum Gasteiger partial charge on any atom is 0.408 e. The number of alkyl carbamates (subject to hydrolysis) is 1. The third-order valence-corrected chi connectivity index (χ3v) is 3.77. The molecule has 0 fully saturated rings. The number of amides is 1. The summed E-state index contributed by atoms with van der Waals surface area (Å²) in [6.07, 6.45) is 0.607. The summed E-state index contributed by atoms with van der Waals surface area (Å²) in [5.41, 5.74) is 0.743. The van der Waals surface area contributed by atoms with Crippen LogP contribution in [-0.4, -0.2) is 17.4 Å². The van der Waals surface area contributed by atoms with Gasteiger partial charge >= 0.3 is 6.09 Å². The van der Waals surface area contributed by atoms with Crippen molar-refractivity contribution in [3.05, 3.63) is 29.8 Å². The van der Waals surface area contributed by atoms with E-state index in [2.05, 4.69) is 17.4 Å². The van der Waals surface area contributed by atoms with Crippen LogP contribution in [0.1, 0.15) is 38.8 Å². The molecular weight excluding hydrogens is 246 g/mol. The molecule has 18 heavy (non-hydrogen) atoms. The molecule has 0 bridgehead atoms. The first-order valence-electron chi connectivity index (χ1n) is 6.17. The number of nitrogens with one attached hydrogen (secondary N) is 1. The lowest BCUT2D eigenvalue weighted by Crippen LogP contribution is -2.36. The van der Waals surface area contributed by atoms with Gasteiger partial charge in [0, 0.05) is 10.6 Å². The summed E-state index contributed by atoms with van der Waals surface area (Å²) in [6, 6.07) is 8.28. The maximum absolute atomic E-state index is 11.8. The standard InChI is InChI=1S/C14H19NO2S/c1-14(2,3)17-13(16)15-11-8-9-18-12-7-5-4-6-10(11)12/h4-7,11H,8-9H2,1-3H3,(H,15,16). The summed E-state index contributed by atoms with van der Waals surface area (Å²) < 4.78 is 5.30. The minimum absolute atomic E-state index is 0.0669. The van der Waals surface area contributed by atoms with E-state index in [0.717, 1.165) is 12.2 Å². The Morgan fingerprint density at radius 1 is 1.39 bits per heavy atom. The van der Waals surface area contributed by atoms with Crippen molar-refractivity contribution >= 4 is 17.9 Å². The van der Waals surface area contributed by atoms with E-state index in [1.54, 1.807) is 0 Å². The average Bonchev–Trinajstić information content (AvgIpc) is 2.27. The fourth-order valence-corrected chi connectivity index (χ4v) is 3.07. The highest BCUT2D eigenvalue weighted by atomic mass is 32.2. The number of thioether (sulfide) groups is 1. The number of rotatable bonds is 1. The molecule has 1 aromatic rings. The maximum atomic E-state index is 11.8. The first-order chi connectivity index (χ1) is 8.46. The van der Waals surface area contributed by atoms with Crippen LogP contribution in [0.15, 0.2) is 29.2 Å². The zero-order valence-electron chi connectivity index (χ0n) is 11.0. The van der Waals surface area contributed by atoms with Crippen molar-refractivity contribution in [1.82, 2.24) is 5.32 Å². The second kappa shape index (κ2) is 5.22. The summed E-state index contributed by atoms with van der Waals surface area (Å²) >= 11 is 1.84. The molecule has 1 aliphatic rings. The van der Waals surface area contributed by atoms with E-state index in [1.807, 2.05) is 44.7 Å². The molecule has 0 aliphatic carbocycles. The van der Waals surface area contributed by atoms with Crippen LogP contribution in [0.5, 0.6) is 0 Å². The van der Waals surface area contributed by atoms with E-state index >= 15 is 0 Å². The summed E-state index contributed by atoms with van der Waals surface area (Å²) in [5.74, 6) is 1.03. The van der Waals surface area contributed by atoms with E-state index in [1.165, 1.54) is 10.5 Å². The fourth-order valence-electron chi connectivity index (χ4n) is 1.94. The minimum atomic E-state index is -0.451. The van der Waals surface area contributed by atoms with E-state index in [0.29, 0.717) is 0 Å². The van der Waals surface area contributed by atoms with Gasteiger partial charge in [0.2, 0.25) is 0 Å². The molecule has 1 atom stereocenters. The molecule has 0 saturated heterocycles. The Bertz CT molecular complexity index is 440. The zero-order chi connectivity index (χ0) is 13.2. The van der Waals surface area contributed by atoms with Gasteiger partial charge in [0.1, 0.15) is 5.60 Å². The Morgan fingerprint density at radius 3 is 2.83 bits per heavy atom. The van der Waals surface area contributed by atoms with Gasteiger partial charge in [-0.05, 0) is 38.8 Å². The van der Waals surface area contributed by atoms with E-state index in [-0.39, 0.29) is 12.1 Å². The van der Waals surface area contributed by atoms with E-state index < -0.39 is 5.60 Å². The third kappa shape index (κ3) is 3.42. The molecule has 1 unspecified atom stereocenters. The van der Waals surface area contributed by atoms with E-state index in [4.69, 9.17) is 4.74 Å². The molecule has 2 rings (SSSR count). The number of benzene rings is 1. The molecule has 0 spiro atoms. The van der Waals surface area contributed by atoms with Crippen molar-refractivity contribution < 1.29 is 9.53 Å². The van der Waals surface area contributed by atoms with Crippen LogP contribution in [0.2, 0.25) is 0 Å². The summed E-state index contributed by atoms with van der Waals surface area (Å²) in [4.78, 5) is 13.1. The number of fused-ring (bicyclic) bond motifs is 1. The van der Waals surface area contributed by atoms with Gasteiger partial charge in [-0.25, -0.2) is 4.79 Å². The molecule has 1 heterocycles. The second-order valence-electron chi connectivity index (χ2n) is 5.37. The van der Waals surface area contributed by atoms with Crippen LogP contribution >= 0.6 is 11.8 Å². The zero-order valence-corrected chi connectivity index (χ0v) is 11.8. The molecule has 98 valence electrons. The second-order valence-corrected chi connectivity index (χ2v) is 6.51. The van der Waals surface area contributed by atoms with Gasteiger partial charge in [0.25, 0.3) is 0 Å². The predicted octanol–water partition coefficient (Wildman–Crippen LogP) is 3.75. The average molecular weight is 265 g/mol. The monoisotopic (exact) mass is 265 g/mol. The molecule has 0 saturated carbocycles. The Balaban J connectivity index is 2.05. The van der Waals surface area contributed by atoms with Crippen molar-refractivity contribution in [3.8, 4) is 0 Å². The topological polar surface area (TPSA) is 38.3 Å². The largest absolute Gasteiger partial charge is 0.444 e. The Labute approximate surface area is 112 Å². The van der Waals surface area contributed by atoms with Gasteiger partial charge in [-0.2, -0.15) is 0 Å². The van der Waals surface area contributed by atoms with Crippen LogP contribution in [0.3, 0.4) is 0 Å². The normalized spacial score (nSPS) is 18.9. The van der Waals surface area contributed by atoms with Crippen LogP contribution < -0.4 is 5.32 Å². The van der Waals surface area contributed by atoms with Crippen molar-refractivity contribution in [3.63, 3.8) is 0 Å². The van der Waals surface area contributed by atoms with Crippen LogP contribution in [0, 0.1) is 0 Å². The van der Waals surface area contributed by atoms with Crippen molar-refractivity contribution in [2.75, 3.05) is 5.75 Å². The number of carbonyl (C=O) groups excluding carboxylic acids is 1. The van der Waals surface area contributed by atoms with Crippen molar-refractivity contribution in [2.45, 2.75) is 43.7 Å². The highest BCUT2D eigenvalue weighted by molar-refractivity contribution is 7.99. The summed E-state index contributed by atoms with van der Waals surface area (Å²) in [6.45, 7) is 5.62. The van der Waals surface area contributed by atoms with E-state index in [9.17, 15) is 4.79 Å². The van der Waals surface area contributed by atoms with Gasteiger partial charge < -0.3 is 10.1 Å². The summed E-state index contributed by atoms with van der Waals surface area (Å²) in [5, 5.41) is 2.96. The van der Waals surface area contributed by atoms with Gasteiger partial charge in [0.05, 0.1) is 6.04 Å². The first-order valence-corrected chi connectivity index (χ1v) is 7.15. The molecule has 3 nitrogen and oxygen atoms in total. The predicted molar refractivity (Wildman–Crippen MR) is 73.9 cm³/mol. The lowest BCUT2D eigenvalue weighted by Gasteiger charge is -2.27. The fraction of sp³-hybridized carbons (Fsp3) is 0.500. The van der Waals surface area contributed by atoms with Gasteiger partial charge in [-0.3, -0.25) is 0 Å². The lowest BCUT2D eigenvalue weighted by molar-refractivity contribution is 0.0501. The Hall–Kier alpha value is -1.16.